The third-order valence-electron chi connectivity index (χ3n) is 6.26. The summed E-state index contributed by atoms with van der Waals surface area (Å²) in [7, 11) is 2.17. The smallest absolute Gasteiger partial charge is 0.253 e. The van der Waals surface area contributed by atoms with Crippen molar-refractivity contribution in [2.45, 2.75) is 51.5 Å². The third kappa shape index (κ3) is 9.56. The molecule has 5 heteroatoms. The van der Waals surface area contributed by atoms with Crippen molar-refractivity contribution in [1.29, 1.82) is 0 Å². The molecule has 1 N–H and O–H groups in total. The second-order valence-corrected chi connectivity index (χ2v) is 9.11. The molecular formula is C28H41N3O2. The Kier molecular flexibility index (Phi) is 11.3. The lowest BCUT2D eigenvalue weighted by Crippen LogP contribution is -2.27. The van der Waals surface area contributed by atoms with Crippen LogP contribution in [0, 0.1) is 0 Å². The number of carbonyl (C=O) groups excluding carboxylic acids is 1. The molecule has 2 fully saturated rings. The van der Waals surface area contributed by atoms with Crippen molar-refractivity contribution < 1.29 is 9.53 Å². The van der Waals surface area contributed by atoms with Gasteiger partial charge in [0.25, 0.3) is 5.91 Å². The molecule has 2 aromatic rings. The first-order valence-corrected chi connectivity index (χ1v) is 12.7. The van der Waals surface area contributed by atoms with Gasteiger partial charge in [0, 0.05) is 25.2 Å². The van der Waals surface area contributed by atoms with Crippen molar-refractivity contribution >= 4 is 5.91 Å². The van der Waals surface area contributed by atoms with E-state index in [1.165, 1.54) is 31.5 Å². The number of carbonyl (C=O) groups is 1. The number of hydrogen-bond acceptors (Lipinski definition) is 4. The number of hydrogen-bond donors (Lipinski definition) is 1. The van der Waals surface area contributed by atoms with E-state index in [2.05, 4.69) is 41.5 Å². The minimum absolute atomic E-state index is 0.141. The van der Waals surface area contributed by atoms with Gasteiger partial charge in [0.1, 0.15) is 5.75 Å². The van der Waals surface area contributed by atoms with Crippen molar-refractivity contribution in [2.24, 2.45) is 0 Å². The van der Waals surface area contributed by atoms with Gasteiger partial charge in [-0.15, -0.1) is 0 Å². The molecule has 0 spiro atoms. The molecule has 2 aromatic carbocycles. The molecule has 2 heterocycles. The average molecular weight is 452 g/mol. The van der Waals surface area contributed by atoms with Gasteiger partial charge in [-0.3, -0.25) is 4.79 Å². The molecule has 180 valence electrons. The van der Waals surface area contributed by atoms with Crippen LogP contribution in [0.2, 0.25) is 0 Å². The first kappa shape index (κ1) is 25.3. The zero-order valence-electron chi connectivity index (χ0n) is 20.3. The van der Waals surface area contributed by atoms with Gasteiger partial charge in [0.05, 0.1) is 6.61 Å². The van der Waals surface area contributed by atoms with E-state index in [1.54, 1.807) is 0 Å². The van der Waals surface area contributed by atoms with Crippen LogP contribution in [0.1, 0.15) is 60.9 Å². The highest BCUT2D eigenvalue weighted by Crippen LogP contribution is 2.17. The molecular weight excluding hydrogens is 410 g/mol. The summed E-state index contributed by atoms with van der Waals surface area (Å²) in [5, 5.41) is 3.47. The minimum atomic E-state index is 0.141. The van der Waals surface area contributed by atoms with E-state index < -0.39 is 0 Å². The fourth-order valence-electron chi connectivity index (χ4n) is 4.22. The van der Waals surface area contributed by atoms with E-state index in [9.17, 15) is 4.79 Å². The van der Waals surface area contributed by atoms with E-state index in [0.717, 1.165) is 76.2 Å². The normalized spacial score (nSPS) is 15.8. The number of likely N-dealkylation sites (tertiary alicyclic amines) is 2. The topological polar surface area (TPSA) is 44.8 Å². The zero-order valence-corrected chi connectivity index (χ0v) is 20.3. The van der Waals surface area contributed by atoms with Crippen LogP contribution in [0.5, 0.6) is 5.75 Å². The molecule has 0 saturated carbocycles. The van der Waals surface area contributed by atoms with Crippen molar-refractivity contribution in [3.8, 4) is 5.75 Å². The predicted molar refractivity (Wildman–Crippen MR) is 136 cm³/mol. The monoisotopic (exact) mass is 451 g/mol. The standard InChI is InChI=1S/C23H30N2O2.C5H11N/c26-23(25-16-6-7-17-25)21-11-13-22(14-12-21)27-18-8-2-5-15-24-19-20-9-3-1-4-10-20;1-6-4-2-3-5-6/h1,3-4,9-14,24H,2,5-8,15-19H2;2-5H2,1H3. The molecule has 33 heavy (non-hydrogen) atoms. The lowest BCUT2D eigenvalue weighted by atomic mass is 10.2. The van der Waals surface area contributed by atoms with Gasteiger partial charge < -0.3 is 19.9 Å². The van der Waals surface area contributed by atoms with Gasteiger partial charge in [0.15, 0.2) is 0 Å². The van der Waals surface area contributed by atoms with E-state index in [1.807, 2.05) is 35.2 Å². The summed E-state index contributed by atoms with van der Waals surface area (Å²) in [6.45, 7) is 7.09. The molecule has 0 atom stereocenters. The molecule has 2 saturated heterocycles. The summed E-state index contributed by atoms with van der Waals surface area (Å²) in [6.07, 6.45) is 8.41. The summed E-state index contributed by atoms with van der Waals surface area (Å²) >= 11 is 0. The lowest BCUT2D eigenvalue weighted by Gasteiger charge is -2.15. The van der Waals surface area contributed by atoms with Crippen LogP contribution in [0.4, 0.5) is 0 Å². The maximum atomic E-state index is 12.3. The number of amides is 1. The van der Waals surface area contributed by atoms with E-state index in [4.69, 9.17) is 4.74 Å². The summed E-state index contributed by atoms with van der Waals surface area (Å²) in [4.78, 5) is 16.6. The molecule has 2 aliphatic rings. The Bertz CT molecular complexity index is 783. The zero-order chi connectivity index (χ0) is 23.1. The lowest BCUT2D eigenvalue weighted by molar-refractivity contribution is 0.0793. The first-order chi connectivity index (χ1) is 16.2. The average Bonchev–Trinajstić information content (AvgIpc) is 3.56. The summed E-state index contributed by atoms with van der Waals surface area (Å²) in [5.74, 6) is 0.984. The largest absolute Gasteiger partial charge is 0.494 e. The minimum Gasteiger partial charge on any atom is -0.494 e. The summed E-state index contributed by atoms with van der Waals surface area (Å²) < 4.78 is 5.80. The molecule has 4 rings (SSSR count). The number of benzene rings is 2. The number of ether oxygens (including phenoxy) is 1. The van der Waals surface area contributed by atoms with Crippen LogP contribution >= 0.6 is 0 Å². The summed E-state index contributed by atoms with van der Waals surface area (Å²) in [5.41, 5.74) is 2.08. The fourth-order valence-corrected chi connectivity index (χ4v) is 4.22. The number of nitrogens with one attached hydrogen (secondary N) is 1. The maximum absolute atomic E-state index is 12.3. The van der Waals surface area contributed by atoms with Crippen LogP contribution in [0.3, 0.4) is 0 Å². The van der Waals surface area contributed by atoms with Gasteiger partial charge in [0.2, 0.25) is 0 Å². The SMILES string of the molecule is CN1CCCC1.O=C(c1ccc(OCCCCCNCc2ccccc2)cc1)N1CCCC1. The van der Waals surface area contributed by atoms with Crippen LogP contribution in [0.15, 0.2) is 54.6 Å². The Labute approximate surface area is 200 Å². The molecule has 0 radical (unpaired) electrons. The van der Waals surface area contributed by atoms with Gasteiger partial charge in [-0.1, -0.05) is 30.3 Å². The molecule has 0 aromatic heterocycles. The Morgan fingerprint density at radius 3 is 2.15 bits per heavy atom. The predicted octanol–water partition coefficient (Wildman–Crippen LogP) is 4.97. The van der Waals surface area contributed by atoms with Crippen molar-refractivity contribution in [2.75, 3.05) is 46.4 Å². The van der Waals surface area contributed by atoms with Gasteiger partial charge in [-0.05, 0) is 101 Å². The molecule has 0 unspecified atom stereocenters. The third-order valence-corrected chi connectivity index (χ3v) is 6.26. The first-order valence-electron chi connectivity index (χ1n) is 12.7. The van der Waals surface area contributed by atoms with Crippen molar-refractivity contribution in [3.05, 3.63) is 65.7 Å². The van der Waals surface area contributed by atoms with Crippen LogP contribution in [-0.2, 0) is 6.54 Å². The highest BCUT2D eigenvalue weighted by Gasteiger charge is 2.19. The fraction of sp³-hybridized carbons (Fsp3) is 0.536. The van der Waals surface area contributed by atoms with Crippen molar-refractivity contribution in [3.63, 3.8) is 0 Å². The highest BCUT2D eigenvalue weighted by atomic mass is 16.5. The van der Waals surface area contributed by atoms with Gasteiger partial charge >= 0.3 is 0 Å². The Balaban J connectivity index is 0.000000442. The second kappa shape index (κ2) is 14.7. The second-order valence-electron chi connectivity index (χ2n) is 9.11. The molecule has 5 nitrogen and oxygen atoms in total. The molecule has 0 aliphatic carbocycles. The highest BCUT2D eigenvalue weighted by molar-refractivity contribution is 5.94. The van der Waals surface area contributed by atoms with Gasteiger partial charge in [-0.2, -0.15) is 0 Å². The van der Waals surface area contributed by atoms with Crippen LogP contribution < -0.4 is 10.1 Å². The number of unbranched alkanes of at least 4 members (excludes halogenated alkanes) is 2. The van der Waals surface area contributed by atoms with E-state index in [0.29, 0.717) is 0 Å². The van der Waals surface area contributed by atoms with Crippen LogP contribution in [-0.4, -0.2) is 62.1 Å². The van der Waals surface area contributed by atoms with Gasteiger partial charge in [-0.25, -0.2) is 0 Å². The molecule has 0 bridgehead atoms. The maximum Gasteiger partial charge on any atom is 0.253 e. The van der Waals surface area contributed by atoms with E-state index in [-0.39, 0.29) is 5.91 Å². The van der Waals surface area contributed by atoms with Crippen LogP contribution in [0.25, 0.3) is 0 Å². The number of rotatable bonds is 10. The van der Waals surface area contributed by atoms with E-state index >= 15 is 0 Å². The Hall–Kier alpha value is -2.37. The Morgan fingerprint density at radius 1 is 0.848 bits per heavy atom. The molecule has 1 amide bonds. The number of nitrogens with zero attached hydrogens (tertiary/aromatic N) is 2. The molecule has 2 aliphatic heterocycles. The van der Waals surface area contributed by atoms with Crippen molar-refractivity contribution in [1.82, 2.24) is 15.1 Å². The Morgan fingerprint density at radius 2 is 1.52 bits per heavy atom. The summed E-state index contributed by atoms with van der Waals surface area (Å²) in [6, 6.07) is 18.0. The quantitative estimate of drug-likeness (QED) is 0.518.